The Kier molecular flexibility index (Phi) is 4.75. The maximum atomic E-state index is 10.2. The molecule has 0 unspecified atom stereocenters. The van der Waals surface area contributed by atoms with Gasteiger partial charge in [-0.3, -0.25) is 0 Å². The smallest absolute Gasteiger partial charge is 0.0658 e. The summed E-state index contributed by atoms with van der Waals surface area (Å²) in [5, 5.41) is 0. The molecule has 0 aliphatic rings. The summed E-state index contributed by atoms with van der Waals surface area (Å²) in [5.41, 5.74) is 1.63. The Labute approximate surface area is 85.7 Å². The molecule has 0 saturated carbocycles. The van der Waals surface area contributed by atoms with Crippen molar-refractivity contribution in [3.05, 3.63) is 35.4 Å². The number of aldehydes is 1. The Balaban J connectivity index is 0.000000810. The Bertz CT molecular complexity index is 220. The van der Waals surface area contributed by atoms with Gasteiger partial charge in [-0.25, -0.2) is 0 Å². The summed E-state index contributed by atoms with van der Waals surface area (Å²) in [5.74, 6) is 0. The van der Waals surface area contributed by atoms with Crippen LogP contribution < -0.4 is 0 Å². The third-order valence-electron chi connectivity index (χ3n) is 1.22. The van der Waals surface area contributed by atoms with E-state index in [2.05, 4.69) is 6.07 Å². The van der Waals surface area contributed by atoms with Gasteiger partial charge in [0.05, 0.1) is 6.29 Å². The van der Waals surface area contributed by atoms with Gasteiger partial charge in [-0.2, -0.15) is 0 Å². The minimum Gasteiger partial charge on any atom is -0.355 e. The molecule has 0 N–H and O–H groups in total. The number of carbonyl (C=O) groups excluding carboxylic acids is 1. The van der Waals surface area contributed by atoms with E-state index in [0.717, 1.165) is 11.8 Å². The molecule has 1 rings (SSSR count). The first kappa shape index (κ1) is 9.99. The molecule has 0 atom stereocenters. The summed E-state index contributed by atoms with van der Waals surface area (Å²) in [6.07, 6.45) is 0.815. The maximum Gasteiger partial charge on any atom is 0.0658 e. The first-order valence-corrected chi connectivity index (χ1v) is 2.77. The van der Waals surface area contributed by atoms with Crippen molar-refractivity contribution in [2.75, 3.05) is 0 Å². The third kappa shape index (κ3) is 2.32. The van der Waals surface area contributed by atoms with Crippen LogP contribution in [0.25, 0.3) is 0 Å². The minimum atomic E-state index is 0. The van der Waals surface area contributed by atoms with Gasteiger partial charge in [-0.1, -0.05) is 6.92 Å². The van der Waals surface area contributed by atoms with Crippen LogP contribution >= 0.6 is 0 Å². The summed E-state index contributed by atoms with van der Waals surface area (Å²) < 4.78 is 0. The average Bonchev–Trinajstić information content (AvgIpc) is 1.89. The van der Waals surface area contributed by atoms with Crippen molar-refractivity contribution in [2.24, 2.45) is 0 Å². The quantitative estimate of drug-likeness (QED) is 0.506. The zero-order chi connectivity index (χ0) is 6.69. The van der Waals surface area contributed by atoms with E-state index < -0.39 is 0 Å². The molecular formula is C8H7OY-. The normalized spacial score (nSPS) is 8.10. The molecule has 0 aliphatic heterocycles. The maximum absolute atomic E-state index is 10.2. The summed E-state index contributed by atoms with van der Waals surface area (Å²) in [7, 11) is 0. The standard InChI is InChI=1S/C8H7O.Y/c1-7-4-2-3-5-8(7)6-9;/h2-4,6H,1H3;/q-1;. The zero-order valence-corrected chi connectivity index (χ0v) is 8.63. The SMILES string of the molecule is Cc1ccc[c-]c1C=O.[Y]. The zero-order valence-electron chi connectivity index (χ0n) is 5.79. The predicted octanol–water partition coefficient (Wildman–Crippen LogP) is 1.61. The van der Waals surface area contributed by atoms with Gasteiger partial charge in [-0.05, 0) is 0 Å². The van der Waals surface area contributed by atoms with Crippen LogP contribution in [0.15, 0.2) is 18.2 Å². The summed E-state index contributed by atoms with van der Waals surface area (Å²) in [6.45, 7) is 1.89. The Morgan fingerprint density at radius 2 is 2.30 bits per heavy atom. The van der Waals surface area contributed by atoms with Crippen molar-refractivity contribution in [3.63, 3.8) is 0 Å². The van der Waals surface area contributed by atoms with Crippen LogP contribution in [0.1, 0.15) is 15.9 Å². The molecule has 10 heavy (non-hydrogen) atoms. The molecule has 1 aromatic rings. The molecule has 0 bridgehead atoms. The van der Waals surface area contributed by atoms with Crippen LogP contribution in [0.2, 0.25) is 0 Å². The molecule has 2 heteroatoms. The topological polar surface area (TPSA) is 17.1 Å². The number of hydrogen-bond acceptors (Lipinski definition) is 1. The second-order valence-corrected chi connectivity index (χ2v) is 1.88. The number of hydrogen-bond donors (Lipinski definition) is 0. The van der Waals surface area contributed by atoms with Crippen molar-refractivity contribution >= 4 is 6.29 Å². The van der Waals surface area contributed by atoms with Gasteiger partial charge in [0, 0.05) is 32.7 Å². The molecule has 49 valence electrons. The van der Waals surface area contributed by atoms with E-state index in [9.17, 15) is 4.79 Å². The second-order valence-electron chi connectivity index (χ2n) is 1.88. The van der Waals surface area contributed by atoms with Crippen LogP contribution in [-0.2, 0) is 32.7 Å². The van der Waals surface area contributed by atoms with Crippen LogP contribution in [-0.4, -0.2) is 6.29 Å². The molecule has 0 fully saturated rings. The largest absolute Gasteiger partial charge is 0.355 e. The van der Waals surface area contributed by atoms with E-state index in [4.69, 9.17) is 0 Å². The second kappa shape index (κ2) is 4.76. The van der Waals surface area contributed by atoms with E-state index in [-0.39, 0.29) is 32.7 Å². The van der Waals surface area contributed by atoms with Gasteiger partial charge in [0.2, 0.25) is 0 Å². The van der Waals surface area contributed by atoms with E-state index in [0.29, 0.717) is 5.56 Å². The van der Waals surface area contributed by atoms with E-state index in [1.54, 1.807) is 6.07 Å². The van der Waals surface area contributed by atoms with Crippen molar-refractivity contribution in [2.45, 2.75) is 6.92 Å². The van der Waals surface area contributed by atoms with E-state index >= 15 is 0 Å². The van der Waals surface area contributed by atoms with Gasteiger partial charge in [0.1, 0.15) is 0 Å². The molecule has 1 aromatic carbocycles. The predicted molar refractivity (Wildman–Crippen MR) is 35.4 cm³/mol. The Morgan fingerprint density at radius 3 is 2.70 bits per heavy atom. The molecule has 0 amide bonds. The van der Waals surface area contributed by atoms with Gasteiger partial charge in [0.15, 0.2) is 0 Å². The van der Waals surface area contributed by atoms with Gasteiger partial charge >= 0.3 is 0 Å². The summed E-state index contributed by atoms with van der Waals surface area (Å²) in [4.78, 5) is 10.2. The molecule has 0 heterocycles. The fraction of sp³-hybridized carbons (Fsp3) is 0.125. The molecule has 0 aromatic heterocycles. The van der Waals surface area contributed by atoms with Crippen molar-refractivity contribution < 1.29 is 37.5 Å². The van der Waals surface area contributed by atoms with Gasteiger partial charge < -0.3 is 4.79 Å². The van der Waals surface area contributed by atoms with Crippen LogP contribution in [0.4, 0.5) is 0 Å². The molecule has 0 aliphatic carbocycles. The van der Waals surface area contributed by atoms with Crippen molar-refractivity contribution in [1.29, 1.82) is 0 Å². The van der Waals surface area contributed by atoms with Gasteiger partial charge in [-0.15, -0.1) is 35.4 Å². The first-order chi connectivity index (χ1) is 4.34. The molecule has 1 radical (unpaired) electrons. The number of aryl methyl sites for hydroxylation is 1. The fourth-order valence-corrected chi connectivity index (χ4v) is 0.661. The molecular weight excluding hydrogens is 201 g/mol. The van der Waals surface area contributed by atoms with E-state index in [1.807, 2.05) is 19.1 Å². The molecule has 0 spiro atoms. The minimum absolute atomic E-state index is 0. The van der Waals surface area contributed by atoms with Crippen LogP contribution in [0, 0.1) is 13.0 Å². The monoisotopic (exact) mass is 208 g/mol. The third-order valence-corrected chi connectivity index (χ3v) is 1.22. The first-order valence-electron chi connectivity index (χ1n) is 2.77. The van der Waals surface area contributed by atoms with Crippen LogP contribution in [0.5, 0.6) is 0 Å². The Hall–Kier alpha value is -0.00610. The Morgan fingerprint density at radius 1 is 1.60 bits per heavy atom. The summed E-state index contributed by atoms with van der Waals surface area (Å²) >= 11 is 0. The van der Waals surface area contributed by atoms with Crippen molar-refractivity contribution in [1.82, 2.24) is 0 Å². The average molecular weight is 208 g/mol. The summed E-state index contributed by atoms with van der Waals surface area (Å²) in [6, 6.07) is 8.30. The number of benzene rings is 1. The number of carbonyl (C=O) groups is 1. The van der Waals surface area contributed by atoms with E-state index in [1.165, 1.54) is 0 Å². The molecule has 1 nitrogen and oxygen atoms in total. The fourth-order valence-electron chi connectivity index (χ4n) is 0.661. The molecule has 0 saturated heterocycles. The van der Waals surface area contributed by atoms with Gasteiger partial charge in [0.25, 0.3) is 0 Å². The van der Waals surface area contributed by atoms with Crippen molar-refractivity contribution in [3.8, 4) is 0 Å². The van der Waals surface area contributed by atoms with Crippen LogP contribution in [0.3, 0.4) is 0 Å². The number of rotatable bonds is 1.